The van der Waals surface area contributed by atoms with Crippen molar-refractivity contribution in [1.29, 1.82) is 0 Å². The Hall–Kier alpha value is -1.08. The fourth-order valence-electron chi connectivity index (χ4n) is 1.05. The summed E-state index contributed by atoms with van der Waals surface area (Å²) in [5, 5.41) is 18.6. The van der Waals surface area contributed by atoms with E-state index in [1.165, 1.54) is 0 Å². The number of phenols is 1. The van der Waals surface area contributed by atoms with Gasteiger partial charge < -0.3 is 10.2 Å². The van der Waals surface area contributed by atoms with Crippen LogP contribution < -0.4 is 5.30 Å². The normalized spacial score (nSPS) is 9.92. The van der Waals surface area contributed by atoms with Crippen LogP contribution in [0.5, 0.6) is 5.75 Å². The molecular formula is C9H11O3P. The Balaban J connectivity index is 2.77. The molecule has 0 saturated heterocycles. The van der Waals surface area contributed by atoms with E-state index in [4.69, 9.17) is 5.11 Å². The zero-order valence-electron chi connectivity index (χ0n) is 7.03. The first-order chi connectivity index (χ1) is 6.11. The third-order valence-corrected chi connectivity index (χ3v) is 2.22. The molecule has 0 amide bonds. The van der Waals surface area contributed by atoms with Crippen molar-refractivity contribution < 1.29 is 15.0 Å². The minimum atomic E-state index is -0.853. The fourth-order valence-corrected chi connectivity index (χ4v) is 1.35. The van der Waals surface area contributed by atoms with Gasteiger partial charge >= 0.3 is 5.97 Å². The monoisotopic (exact) mass is 198 g/mol. The quantitative estimate of drug-likeness (QED) is 0.710. The van der Waals surface area contributed by atoms with Gasteiger partial charge in [0.2, 0.25) is 0 Å². The minimum Gasteiger partial charge on any atom is -0.507 e. The van der Waals surface area contributed by atoms with Gasteiger partial charge in [-0.3, -0.25) is 4.79 Å². The van der Waals surface area contributed by atoms with Crippen LogP contribution in [0, 0.1) is 0 Å². The topological polar surface area (TPSA) is 57.5 Å². The summed E-state index contributed by atoms with van der Waals surface area (Å²) in [6, 6.07) is 5.27. The summed E-state index contributed by atoms with van der Waals surface area (Å²) in [6.07, 6.45) is 0.408. The third kappa shape index (κ3) is 2.71. The number of carboxylic acid groups (broad SMARTS) is 1. The minimum absolute atomic E-state index is 0.0433. The predicted molar refractivity (Wildman–Crippen MR) is 53.4 cm³/mol. The Morgan fingerprint density at radius 1 is 1.46 bits per heavy atom. The van der Waals surface area contributed by atoms with Crippen molar-refractivity contribution in [3.05, 3.63) is 23.8 Å². The largest absolute Gasteiger partial charge is 0.507 e. The second-order valence-electron chi connectivity index (χ2n) is 2.75. The number of aromatic hydroxyl groups is 1. The predicted octanol–water partition coefficient (Wildman–Crippen LogP) is 0.910. The first-order valence-electron chi connectivity index (χ1n) is 3.89. The molecule has 0 saturated carbocycles. The molecule has 0 radical (unpaired) electrons. The van der Waals surface area contributed by atoms with Crippen molar-refractivity contribution in [2.75, 3.05) is 0 Å². The van der Waals surface area contributed by atoms with Crippen LogP contribution in [0.25, 0.3) is 0 Å². The lowest BCUT2D eigenvalue weighted by molar-refractivity contribution is -0.136. The van der Waals surface area contributed by atoms with E-state index in [-0.39, 0.29) is 12.2 Å². The summed E-state index contributed by atoms with van der Waals surface area (Å²) in [4.78, 5) is 10.3. The molecule has 0 bridgehead atoms. The van der Waals surface area contributed by atoms with Gasteiger partial charge in [0.25, 0.3) is 0 Å². The van der Waals surface area contributed by atoms with E-state index in [0.717, 1.165) is 0 Å². The highest BCUT2D eigenvalue weighted by atomic mass is 31.0. The van der Waals surface area contributed by atoms with E-state index >= 15 is 0 Å². The van der Waals surface area contributed by atoms with Crippen molar-refractivity contribution in [3.63, 3.8) is 0 Å². The van der Waals surface area contributed by atoms with E-state index in [2.05, 4.69) is 9.24 Å². The van der Waals surface area contributed by atoms with Crippen LogP contribution in [0.4, 0.5) is 0 Å². The molecule has 2 N–H and O–H groups in total. The Morgan fingerprint density at radius 3 is 2.77 bits per heavy atom. The van der Waals surface area contributed by atoms with Crippen LogP contribution in [-0.2, 0) is 11.2 Å². The molecule has 4 heteroatoms. The zero-order valence-corrected chi connectivity index (χ0v) is 8.18. The molecule has 1 unspecified atom stereocenters. The summed E-state index contributed by atoms with van der Waals surface area (Å²) in [7, 11) is 2.40. The number of para-hydroxylation sites is 1. The van der Waals surface area contributed by atoms with E-state index < -0.39 is 5.97 Å². The molecule has 70 valence electrons. The number of phenolic OH excluding ortho intramolecular Hbond substituents is 1. The van der Waals surface area contributed by atoms with E-state index in [9.17, 15) is 9.90 Å². The van der Waals surface area contributed by atoms with Gasteiger partial charge in [-0.25, -0.2) is 0 Å². The van der Waals surface area contributed by atoms with Gasteiger partial charge in [-0.2, -0.15) is 0 Å². The van der Waals surface area contributed by atoms with Crippen LogP contribution >= 0.6 is 9.24 Å². The molecular weight excluding hydrogens is 187 g/mol. The van der Waals surface area contributed by atoms with Crippen molar-refractivity contribution in [3.8, 4) is 5.75 Å². The van der Waals surface area contributed by atoms with Gasteiger partial charge in [0.05, 0.1) is 0 Å². The highest BCUT2D eigenvalue weighted by Gasteiger charge is 2.05. The first kappa shape index (κ1) is 10.0. The third-order valence-electron chi connectivity index (χ3n) is 1.76. The average Bonchev–Trinajstić information content (AvgIpc) is 2.07. The molecule has 0 fully saturated rings. The van der Waals surface area contributed by atoms with Crippen LogP contribution in [0.3, 0.4) is 0 Å². The Labute approximate surface area is 78.6 Å². The van der Waals surface area contributed by atoms with E-state index in [0.29, 0.717) is 17.3 Å². The lowest BCUT2D eigenvalue weighted by Crippen LogP contribution is -2.00. The summed E-state index contributed by atoms with van der Waals surface area (Å²) < 4.78 is 0. The van der Waals surface area contributed by atoms with Gasteiger partial charge in [0, 0.05) is 11.7 Å². The number of carbonyl (C=O) groups is 1. The Kier molecular flexibility index (Phi) is 3.26. The molecule has 1 rings (SSSR count). The standard InChI is InChI=1S/C9H11O3P/c10-8(11)5-4-6-2-1-3-7(13)9(6)12/h1-3,12H,4-5,13H2,(H,10,11). The average molecular weight is 198 g/mol. The van der Waals surface area contributed by atoms with Crippen molar-refractivity contribution in [2.45, 2.75) is 12.8 Å². The lowest BCUT2D eigenvalue weighted by atomic mass is 10.1. The second-order valence-corrected chi connectivity index (χ2v) is 3.37. The van der Waals surface area contributed by atoms with Crippen molar-refractivity contribution in [1.82, 2.24) is 0 Å². The maximum Gasteiger partial charge on any atom is 0.303 e. The molecule has 0 aliphatic rings. The van der Waals surface area contributed by atoms with Gasteiger partial charge in [0.15, 0.2) is 0 Å². The van der Waals surface area contributed by atoms with Crippen molar-refractivity contribution >= 4 is 20.5 Å². The van der Waals surface area contributed by atoms with Gasteiger partial charge in [-0.15, -0.1) is 9.24 Å². The molecule has 0 aromatic heterocycles. The van der Waals surface area contributed by atoms with Gasteiger partial charge in [-0.05, 0) is 12.0 Å². The van der Waals surface area contributed by atoms with Crippen LogP contribution in [0.1, 0.15) is 12.0 Å². The number of benzene rings is 1. The van der Waals surface area contributed by atoms with Crippen molar-refractivity contribution in [2.24, 2.45) is 0 Å². The number of aliphatic carboxylic acids is 1. The van der Waals surface area contributed by atoms with Gasteiger partial charge in [0.1, 0.15) is 5.75 Å². The number of aryl methyl sites for hydroxylation is 1. The lowest BCUT2D eigenvalue weighted by Gasteiger charge is -2.04. The molecule has 0 aliphatic heterocycles. The molecule has 1 aromatic rings. The van der Waals surface area contributed by atoms with E-state index in [1.54, 1.807) is 18.2 Å². The Morgan fingerprint density at radius 2 is 2.15 bits per heavy atom. The van der Waals surface area contributed by atoms with E-state index in [1.807, 2.05) is 0 Å². The highest BCUT2D eigenvalue weighted by molar-refractivity contribution is 7.27. The number of hydrogen-bond donors (Lipinski definition) is 2. The smallest absolute Gasteiger partial charge is 0.303 e. The van der Waals surface area contributed by atoms with Crippen LogP contribution in [-0.4, -0.2) is 16.2 Å². The zero-order chi connectivity index (χ0) is 9.84. The molecule has 1 aromatic carbocycles. The molecule has 0 aliphatic carbocycles. The molecule has 3 nitrogen and oxygen atoms in total. The maximum atomic E-state index is 10.3. The number of rotatable bonds is 3. The summed E-state index contributed by atoms with van der Waals surface area (Å²) in [5.74, 6) is -0.678. The fraction of sp³-hybridized carbons (Fsp3) is 0.222. The molecule has 13 heavy (non-hydrogen) atoms. The SMILES string of the molecule is O=C(O)CCc1cccc(P)c1O. The highest BCUT2D eigenvalue weighted by Crippen LogP contribution is 2.17. The van der Waals surface area contributed by atoms with Crippen LogP contribution in [0.15, 0.2) is 18.2 Å². The number of hydrogen-bond acceptors (Lipinski definition) is 2. The molecule has 0 heterocycles. The summed E-state index contributed by atoms with van der Waals surface area (Å²) in [5.41, 5.74) is 0.676. The molecule has 1 atom stereocenters. The number of carboxylic acids is 1. The second kappa shape index (κ2) is 4.24. The first-order valence-corrected chi connectivity index (χ1v) is 4.47. The molecule has 0 spiro atoms. The van der Waals surface area contributed by atoms with Gasteiger partial charge in [-0.1, -0.05) is 18.2 Å². The summed E-state index contributed by atoms with van der Waals surface area (Å²) >= 11 is 0. The Bertz CT molecular complexity index is 323. The maximum absolute atomic E-state index is 10.3. The summed E-state index contributed by atoms with van der Waals surface area (Å²) in [6.45, 7) is 0. The van der Waals surface area contributed by atoms with Crippen LogP contribution in [0.2, 0.25) is 0 Å².